The highest BCUT2D eigenvalue weighted by molar-refractivity contribution is 9.10. The zero-order valence-electron chi connectivity index (χ0n) is 11.2. The molecule has 4 nitrogen and oxygen atoms in total. The van der Waals surface area contributed by atoms with Crippen molar-refractivity contribution < 1.29 is 9.59 Å². The van der Waals surface area contributed by atoms with Crippen LogP contribution < -0.4 is 10.2 Å². The van der Waals surface area contributed by atoms with Gasteiger partial charge in [-0.25, -0.2) is 0 Å². The summed E-state index contributed by atoms with van der Waals surface area (Å²) in [6.07, 6.45) is 0.600. The largest absolute Gasteiger partial charge is 0.343 e. The molecular weight excluding hydrogens is 308 g/mol. The molecule has 0 spiro atoms. The van der Waals surface area contributed by atoms with Gasteiger partial charge in [0.1, 0.15) is 12.1 Å². The third-order valence-electron chi connectivity index (χ3n) is 3.45. The molecule has 2 atom stereocenters. The number of hydrogen-bond donors (Lipinski definition) is 1. The van der Waals surface area contributed by atoms with Gasteiger partial charge in [0.05, 0.1) is 0 Å². The summed E-state index contributed by atoms with van der Waals surface area (Å²) in [4.78, 5) is 25.9. The van der Waals surface area contributed by atoms with Gasteiger partial charge in [0.2, 0.25) is 11.8 Å². The monoisotopic (exact) mass is 324 g/mol. The molecule has 0 saturated carbocycles. The SMILES string of the molecule is CCC1NC(=O)C(C)N(c2ccc(Br)c(C)c2)C1=O. The molecule has 2 amide bonds. The van der Waals surface area contributed by atoms with Crippen LogP contribution in [0, 0.1) is 6.92 Å². The van der Waals surface area contributed by atoms with E-state index in [0.29, 0.717) is 6.42 Å². The number of halogens is 1. The van der Waals surface area contributed by atoms with Crippen molar-refractivity contribution >= 4 is 33.4 Å². The summed E-state index contributed by atoms with van der Waals surface area (Å²) in [7, 11) is 0. The van der Waals surface area contributed by atoms with Gasteiger partial charge >= 0.3 is 0 Å². The van der Waals surface area contributed by atoms with Crippen LogP contribution in [0.15, 0.2) is 22.7 Å². The summed E-state index contributed by atoms with van der Waals surface area (Å²) in [5.41, 5.74) is 1.81. The lowest BCUT2D eigenvalue weighted by Gasteiger charge is -2.37. The predicted molar refractivity (Wildman–Crippen MR) is 78.0 cm³/mol. The molecule has 19 heavy (non-hydrogen) atoms. The molecule has 2 rings (SSSR count). The molecule has 5 heteroatoms. The molecule has 1 fully saturated rings. The highest BCUT2D eigenvalue weighted by Crippen LogP contribution is 2.26. The minimum Gasteiger partial charge on any atom is -0.343 e. The maximum atomic E-state index is 12.4. The highest BCUT2D eigenvalue weighted by atomic mass is 79.9. The molecule has 1 heterocycles. The van der Waals surface area contributed by atoms with Crippen LogP contribution in [0.2, 0.25) is 0 Å². The Balaban J connectivity index is 2.41. The van der Waals surface area contributed by atoms with Gasteiger partial charge in [-0.15, -0.1) is 0 Å². The van der Waals surface area contributed by atoms with E-state index in [1.54, 1.807) is 11.8 Å². The Hall–Kier alpha value is -1.36. The lowest BCUT2D eigenvalue weighted by Crippen LogP contribution is -2.62. The van der Waals surface area contributed by atoms with E-state index in [1.807, 2.05) is 32.0 Å². The van der Waals surface area contributed by atoms with Crippen molar-refractivity contribution in [3.63, 3.8) is 0 Å². The lowest BCUT2D eigenvalue weighted by molar-refractivity contribution is -0.133. The summed E-state index contributed by atoms with van der Waals surface area (Å²) < 4.78 is 0.991. The molecule has 0 radical (unpaired) electrons. The fraction of sp³-hybridized carbons (Fsp3) is 0.429. The molecule has 102 valence electrons. The summed E-state index contributed by atoms with van der Waals surface area (Å²) in [6, 6.07) is 4.78. The Morgan fingerprint density at radius 3 is 2.63 bits per heavy atom. The molecule has 1 aromatic rings. The molecule has 1 aromatic carbocycles. The third-order valence-corrected chi connectivity index (χ3v) is 4.34. The second-order valence-electron chi connectivity index (χ2n) is 4.79. The van der Waals surface area contributed by atoms with Crippen LogP contribution in [-0.4, -0.2) is 23.9 Å². The Labute approximate surface area is 121 Å². The predicted octanol–water partition coefficient (Wildman–Crippen LogP) is 2.39. The van der Waals surface area contributed by atoms with Crippen molar-refractivity contribution in [1.29, 1.82) is 0 Å². The van der Waals surface area contributed by atoms with Gasteiger partial charge in [-0.05, 0) is 44.0 Å². The van der Waals surface area contributed by atoms with E-state index in [-0.39, 0.29) is 11.8 Å². The quantitative estimate of drug-likeness (QED) is 0.908. The Morgan fingerprint density at radius 2 is 2.05 bits per heavy atom. The number of benzene rings is 1. The standard InChI is InChI=1S/C14H17BrN2O2/c1-4-12-14(19)17(9(3)13(18)16-12)10-5-6-11(15)8(2)7-10/h5-7,9,12H,4H2,1-3H3,(H,16,18). The van der Waals surface area contributed by atoms with E-state index in [2.05, 4.69) is 21.2 Å². The summed E-state index contributed by atoms with van der Waals surface area (Å²) in [5, 5.41) is 2.75. The van der Waals surface area contributed by atoms with Crippen molar-refractivity contribution in [3.8, 4) is 0 Å². The van der Waals surface area contributed by atoms with Crippen LogP contribution in [-0.2, 0) is 9.59 Å². The summed E-state index contributed by atoms with van der Waals surface area (Å²) >= 11 is 3.44. The molecule has 1 N–H and O–H groups in total. The number of nitrogens with one attached hydrogen (secondary N) is 1. The van der Waals surface area contributed by atoms with Crippen LogP contribution in [0.5, 0.6) is 0 Å². The molecule has 0 aromatic heterocycles. The first kappa shape index (κ1) is 14.1. The number of nitrogens with zero attached hydrogens (tertiary/aromatic N) is 1. The summed E-state index contributed by atoms with van der Waals surface area (Å²) in [5.74, 6) is -0.150. The highest BCUT2D eigenvalue weighted by Gasteiger charge is 2.38. The van der Waals surface area contributed by atoms with Gasteiger partial charge in [0.25, 0.3) is 0 Å². The zero-order valence-corrected chi connectivity index (χ0v) is 12.8. The van der Waals surface area contributed by atoms with Crippen LogP contribution in [0.4, 0.5) is 5.69 Å². The first-order valence-electron chi connectivity index (χ1n) is 6.35. The van der Waals surface area contributed by atoms with Crippen molar-refractivity contribution in [3.05, 3.63) is 28.2 Å². The Morgan fingerprint density at radius 1 is 1.37 bits per heavy atom. The first-order valence-corrected chi connectivity index (χ1v) is 7.14. The van der Waals surface area contributed by atoms with Crippen molar-refractivity contribution in [2.24, 2.45) is 0 Å². The first-order chi connectivity index (χ1) is 8.95. The molecular formula is C14H17BrN2O2. The Kier molecular flexibility index (Phi) is 3.94. The zero-order chi connectivity index (χ0) is 14.2. The number of anilines is 1. The molecule has 2 unspecified atom stereocenters. The molecule has 1 saturated heterocycles. The second kappa shape index (κ2) is 5.33. The summed E-state index contributed by atoms with van der Waals surface area (Å²) in [6.45, 7) is 5.60. The maximum Gasteiger partial charge on any atom is 0.250 e. The minimum atomic E-state index is -0.476. The van der Waals surface area contributed by atoms with Crippen LogP contribution in [0.1, 0.15) is 25.8 Å². The van der Waals surface area contributed by atoms with Crippen LogP contribution in [0.3, 0.4) is 0 Å². The normalized spacial score (nSPS) is 23.5. The minimum absolute atomic E-state index is 0.0451. The number of carbonyl (C=O) groups is 2. The van der Waals surface area contributed by atoms with Crippen molar-refractivity contribution in [2.75, 3.05) is 4.90 Å². The average molecular weight is 325 g/mol. The Bertz CT molecular complexity index is 530. The van der Waals surface area contributed by atoms with E-state index in [9.17, 15) is 9.59 Å². The molecule has 0 bridgehead atoms. The van der Waals surface area contributed by atoms with Crippen molar-refractivity contribution in [1.82, 2.24) is 5.32 Å². The van der Waals surface area contributed by atoms with Crippen LogP contribution in [0.25, 0.3) is 0 Å². The van der Waals surface area contributed by atoms with E-state index < -0.39 is 12.1 Å². The number of hydrogen-bond acceptors (Lipinski definition) is 2. The van der Waals surface area contributed by atoms with Gasteiger partial charge in [-0.1, -0.05) is 22.9 Å². The number of amides is 2. The van der Waals surface area contributed by atoms with Gasteiger partial charge in [-0.3, -0.25) is 14.5 Å². The fourth-order valence-corrected chi connectivity index (χ4v) is 2.48. The fourth-order valence-electron chi connectivity index (χ4n) is 2.24. The smallest absolute Gasteiger partial charge is 0.250 e. The molecule has 1 aliphatic heterocycles. The maximum absolute atomic E-state index is 12.4. The van der Waals surface area contributed by atoms with Gasteiger partial charge < -0.3 is 5.32 Å². The molecule has 1 aliphatic rings. The molecule has 0 aliphatic carbocycles. The van der Waals surface area contributed by atoms with Gasteiger partial charge in [0, 0.05) is 10.2 Å². The number of carbonyl (C=O) groups excluding carboxylic acids is 2. The third kappa shape index (κ3) is 2.52. The number of aryl methyl sites for hydroxylation is 1. The van der Waals surface area contributed by atoms with E-state index in [1.165, 1.54) is 0 Å². The van der Waals surface area contributed by atoms with Gasteiger partial charge in [-0.2, -0.15) is 0 Å². The van der Waals surface area contributed by atoms with E-state index in [0.717, 1.165) is 15.7 Å². The van der Waals surface area contributed by atoms with Gasteiger partial charge in [0.15, 0.2) is 0 Å². The number of rotatable bonds is 2. The number of piperazine rings is 1. The van der Waals surface area contributed by atoms with Crippen molar-refractivity contribution in [2.45, 2.75) is 39.3 Å². The second-order valence-corrected chi connectivity index (χ2v) is 5.64. The average Bonchev–Trinajstić information content (AvgIpc) is 2.38. The lowest BCUT2D eigenvalue weighted by atomic mass is 10.0. The van der Waals surface area contributed by atoms with E-state index in [4.69, 9.17) is 0 Å². The van der Waals surface area contributed by atoms with E-state index >= 15 is 0 Å². The van der Waals surface area contributed by atoms with Crippen LogP contribution >= 0.6 is 15.9 Å². The topological polar surface area (TPSA) is 49.4 Å².